The molecular formula is C17H27ClN2O2S. The molecule has 1 fully saturated rings. The molecule has 4 nitrogen and oxygen atoms in total. The van der Waals surface area contributed by atoms with Gasteiger partial charge in [-0.25, -0.2) is 0 Å². The number of para-hydroxylation sites is 1. The van der Waals surface area contributed by atoms with Crippen LogP contribution in [-0.2, 0) is 22.0 Å². The zero-order valence-electron chi connectivity index (χ0n) is 13.6. The number of nitrogens with one attached hydrogen (secondary N) is 1. The molecule has 3 unspecified atom stereocenters. The van der Waals surface area contributed by atoms with Crippen LogP contribution in [0.4, 0.5) is 5.69 Å². The molecule has 1 amide bonds. The molecule has 3 atom stereocenters. The molecule has 0 aromatic heterocycles. The van der Waals surface area contributed by atoms with E-state index in [9.17, 15) is 9.00 Å². The lowest BCUT2D eigenvalue weighted by Gasteiger charge is -2.29. The van der Waals surface area contributed by atoms with Gasteiger partial charge in [0.1, 0.15) is 0 Å². The summed E-state index contributed by atoms with van der Waals surface area (Å²) in [6.45, 7) is 1.96. The Bertz CT molecular complexity index is 539. The summed E-state index contributed by atoms with van der Waals surface area (Å²) in [4.78, 5) is 12.1. The van der Waals surface area contributed by atoms with Gasteiger partial charge in [-0.3, -0.25) is 9.00 Å². The SMILES string of the molecule is CCS(=O)C1CCCC(NC(=O)CCc2ccccc2N)C1.Cl. The number of carbonyl (C=O) groups is 1. The predicted octanol–water partition coefficient (Wildman–Crippen LogP) is 2.82. The van der Waals surface area contributed by atoms with Crippen molar-refractivity contribution < 1.29 is 9.00 Å². The number of nitrogens with two attached hydrogens (primary N) is 1. The molecule has 1 aromatic carbocycles. The third-order valence-electron chi connectivity index (χ3n) is 4.32. The summed E-state index contributed by atoms with van der Waals surface area (Å²) >= 11 is 0. The molecule has 1 saturated carbocycles. The number of rotatable bonds is 6. The van der Waals surface area contributed by atoms with Crippen LogP contribution < -0.4 is 11.1 Å². The number of carbonyl (C=O) groups excluding carboxylic acids is 1. The molecule has 0 spiro atoms. The maximum Gasteiger partial charge on any atom is 0.220 e. The average Bonchev–Trinajstić information content (AvgIpc) is 2.53. The van der Waals surface area contributed by atoms with E-state index in [1.807, 2.05) is 31.2 Å². The highest BCUT2D eigenvalue weighted by atomic mass is 35.5. The second-order valence-corrected chi connectivity index (χ2v) is 7.93. The quantitative estimate of drug-likeness (QED) is 0.768. The van der Waals surface area contributed by atoms with Crippen molar-refractivity contribution in [2.45, 2.75) is 56.7 Å². The molecule has 0 bridgehead atoms. The van der Waals surface area contributed by atoms with Crippen molar-refractivity contribution in [3.8, 4) is 0 Å². The van der Waals surface area contributed by atoms with Gasteiger partial charge in [0.25, 0.3) is 0 Å². The van der Waals surface area contributed by atoms with E-state index in [0.717, 1.165) is 36.9 Å². The maximum atomic E-state index is 12.1. The van der Waals surface area contributed by atoms with Crippen LogP contribution in [0.15, 0.2) is 24.3 Å². The van der Waals surface area contributed by atoms with Gasteiger partial charge < -0.3 is 11.1 Å². The monoisotopic (exact) mass is 358 g/mol. The van der Waals surface area contributed by atoms with E-state index in [4.69, 9.17) is 5.73 Å². The molecule has 0 heterocycles. The van der Waals surface area contributed by atoms with Crippen LogP contribution >= 0.6 is 12.4 Å². The van der Waals surface area contributed by atoms with Crippen molar-refractivity contribution in [2.24, 2.45) is 0 Å². The first kappa shape index (κ1) is 20.0. The van der Waals surface area contributed by atoms with Crippen LogP contribution in [0.2, 0.25) is 0 Å². The Balaban J connectivity index is 0.00000264. The number of benzene rings is 1. The molecule has 0 saturated heterocycles. The van der Waals surface area contributed by atoms with Gasteiger partial charge in [-0.1, -0.05) is 31.5 Å². The Morgan fingerprint density at radius 3 is 2.78 bits per heavy atom. The normalized spacial score (nSPS) is 22.0. The van der Waals surface area contributed by atoms with Crippen LogP contribution in [0.5, 0.6) is 0 Å². The van der Waals surface area contributed by atoms with E-state index in [1.165, 1.54) is 0 Å². The Morgan fingerprint density at radius 2 is 2.09 bits per heavy atom. The highest BCUT2D eigenvalue weighted by molar-refractivity contribution is 7.85. The fourth-order valence-electron chi connectivity index (χ4n) is 3.06. The average molecular weight is 359 g/mol. The van der Waals surface area contributed by atoms with Crippen LogP contribution in [0.25, 0.3) is 0 Å². The first-order valence-corrected chi connectivity index (χ1v) is 9.48. The van der Waals surface area contributed by atoms with Gasteiger partial charge in [0.15, 0.2) is 0 Å². The van der Waals surface area contributed by atoms with Gasteiger partial charge in [-0.2, -0.15) is 0 Å². The summed E-state index contributed by atoms with van der Waals surface area (Å²) in [7, 11) is -0.753. The van der Waals surface area contributed by atoms with E-state index < -0.39 is 10.8 Å². The fourth-order valence-corrected chi connectivity index (χ4v) is 4.41. The minimum atomic E-state index is -0.753. The molecule has 2 rings (SSSR count). The minimum Gasteiger partial charge on any atom is -0.399 e. The van der Waals surface area contributed by atoms with Gasteiger partial charge in [0.05, 0.1) is 0 Å². The third-order valence-corrected chi connectivity index (χ3v) is 6.06. The summed E-state index contributed by atoms with van der Waals surface area (Å²) in [5.74, 6) is 0.773. The third kappa shape index (κ3) is 6.15. The van der Waals surface area contributed by atoms with Crippen molar-refractivity contribution in [3.05, 3.63) is 29.8 Å². The molecule has 3 N–H and O–H groups in total. The number of amides is 1. The van der Waals surface area contributed by atoms with E-state index >= 15 is 0 Å². The summed E-state index contributed by atoms with van der Waals surface area (Å²) in [6, 6.07) is 7.84. The second kappa shape index (κ2) is 9.93. The molecule has 1 aromatic rings. The molecule has 1 aliphatic carbocycles. The molecular weight excluding hydrogens is 332 g/mol. The largest absolute Gasteiger partial charge is 0.399 e. The van der Waals surface area contributed by atoms with E-state index in [1.54, 1.807) is 0 Å². The first-order valence-electron chi connectivity index (χ1n) is 8.10. The fraction of sp³-hybridized carbons (Fsp3) is 0.588. The molecule has 130 valence electrons. The lowest BCUT2D eigenvalue weighted by atomic mass is 9.94. The lowest BCUT2D eigenvalue weighted by molar-refractivity contribution is -0.121. The summed E-state index contributed by atoms with van der Waals surface area (Å²) in [6.07, 6.45) is 5.03. The zero-order chi connectivity index (χ0) is 15.9. The van der Waals surface area contributed by atoms with E-state index in [2.05, 4.69) is 5.32 Å². The number of hydrogen-bond acceptors (Lipinski definition) is 3. The molecule has 23 heavy (non-hydrogen) atoms. The molecule has 0 aliphatic heterocycles. The summed E-state index contributed by atoms with van der Waals surface area (Å²) in [5, 5.41) is 3.35. The van der Waals surface area contributed by atoms with Gasteiger partial charge in [-0.15, -0.1) is 12.4 Å². The van der Waals surface area contributed by atoms with Crippen molar-refractivity contribution in [1.82, 2.24) is 5.32 Å². The zero-order valence-corrected chi connectivity index (χ0v) is 15.3. The smallest absolute Gasteiger partial charge is 0.220 e. The Labute approximate surface area is 147 Å². The van der Waals surface area contributed by atoms with Gasteiger partial charge in [-0.05, 0) is 37.3 Å². The van der Waals surface area contributed by atoms with Crippen molar-refractivity contribution >= 4 is 34.8 Å². The first-order chi connectivity index (χ1) is 10.6. The Kier molecular flexibility index (Phi) is 8.63. The Morgan fingerprint density at radius 1 is 1.35 bits per heavy atom. The van der Waals surface area contributed by atoms with Crippen LogP contribution in [-0.4, -0.2) is 27.2 Å². The van der Waals surface area contributed by atoms with Gasteiger partial charge in [0, 0.05) is 40.0 Å². The number of halogens is 1. The highest BCUT2D eigenvalue weighted by Gasteiger charge is 2.26. The second-order valence-electron chi connectivity index (χ2n) is 5.92. The highest BCUT2D eigenvalue weighted by Crippen LogP contribution is 2.23. The van der Waals surface area contributed by atoms with E-state index in [0.29, 0.717) is 18.6 Å². The lowest BCUT2D eigenvalue weighted by Crippen LogP contribution is -2.41. The van der Waals surface area contributed by atoms with Crippen LogP contribution in [0.1, 0.15) is 44.6 Å². The maximum absolute atomic E-state index is 12.1. The number of aryl methyl sites for hydroxylation is 1. The standard InChI is InChI=1S/C17H26N2O2S.ClH/c1-2-22(21)15-8-5-7-14(12-15)19-17(20)11-10-13-6-3-4-9-16(13)18;/h3-4,6,9,14-15H,2,5,7-8,10-12,18H2,1H3,(H,19,20);1H. The Hall–Kier alpha value is -1.07. The summed E-state index contributed by atoms with van der Waals surface area (Å²) < 4.78 is 11.9. The van der Waals surface area contributed by atoms with Crippen molar-refractivity contribution in [1.29, 1.82) is 0 Å². The van der Waals surface area contributed by atoms with Crippen LogP contribution in [0.3, 0.4) is 0 Å². The molecule has 0 radical (unpaired) electrons. The van der Waals surface area contributed by atoms with E-state index in [-0.39, 0.29) is 29.6 Å². The number of anilines is 1. The van der Waals surface area contributed by atoms with Crippen molar-refractivity contribution in [3.63, 3.8) is 0 Å². The van der Waals surface area contributed by atoms with Gasteiger partial charge in [0.2, 0.25) is 5.91 Å². The number of nitrogen functional groups attached to an aromatic ring is 1. The predicted molar refractivity (Wildman–Crippen MR) is 99.3 cm³/mol. The topological polar surface area (TPSA) is 72.2 Å². The minimum absolute atomic E-state index is 0. The summed E-state index contributed by atoms with van der Waals surface area (Å²) in [5.41, 5.74) is 7.65. The molecule has 1 aliphatic rings. The number of hydrogen-bond donors (Lipinski definition) is 2. The van der Waals surface area contributed by atoms with Crippen molar-refractivity contribution in [2.75, 3.05) is 11.5 Å². The molecule has 6 heteroatoms. The van der Waals surface area contributed by atoms with Gasteiger partial charge >= 0.3 is 0 Å². The van der Waals surface area contributed by atoms with Crippen LogP contribution in [0, 0.1) is 0 Å².